The third-order valence-electron chi connectivity index (χ3n) is 1.81. The normalized spacial score (nSPS) is 12.2. The van der Waals surface area contributed by atoms with Crippen LogP contribution in [0.2, 0.25) is 0 Å². The van der Waals surface area contributed by atoms with Gasteiger partial charge in [0, 0.05) is 5.39 Å². The summed E-state index contributed by atoms with van der Waals surface area (Å²) in [5.41, 5.74) is 4.68. The Hall–Kier alpha value is -1.72. The zero-order chi connectivity index (χ0) is 10.3. The SMILES string of the molecule is Nc1cc(C(F)(F)F)cc2cnoc12. The molecule has 0 amide bonds. The molecule has 0 aliphatic rings. The van der Waals surface area contributed by atoms with E-state index in [2.05, 4.69) is 9.68 Å². The maximum Gasteiger partial charge on any atom is 0.416 e. The number of hydrogen-bond donors (Lipinski definition) is 1. The Morgan fingerprint density at radius 1 is 1.29 bits per heavy atom. The minimum Gasteiger partial charge on any atom is -0.396 e. The highest BCUT2D eigenvalue weighted by Crippen LogP contribution is 2.34. The van der Waals surface area contributed by atoms with Gasteiger partial charge >= 0.3 is 6.18 Å². The Morgan fingerprint density at radius 3 is 2.64 bits per heavy atom. The van der Waals surface area contributed by atoms with E-state index in [1.807, 2.05) is 0 Å². The van der Waals surface area contributed by atoms with Crippen LogP contribution < -0.4 is 5.73 Å². The summed E-state index contributed by atoms with van der Waals surface area (Å²) in [6.07, 6.45) is -3.21. The lowest BCUT2D eigenvalue weighted by Gasteiger charge is -2.06. The molecule has 0 aliphatic carbocycles. The van der Waals surface area contributed by atoms with E-state index in [1.165, 1.54) is 6.20 Å². The average molecular weight is 202 g/mol. The van der Waals surface area contributed by atoms with Gasteiger partial charge in [-0.05, 0) is 12.1 Å². The van der Waals surface area contributed by atoms with Crippen molar-refractivity contribution in [3.05, 3.63) is 23.9 Å². The fraction of sp³-hybridized carbons (Fsp3) is 0.125. The summed E-state index contributed by atoms with van der Waals surface area (Å²) in [7, 11) is 0. The van der Waals surface area contributed by atoms with Crippen molar-refractivity contribution >= 4 is 16.7 Å². The van der Waals surface area contributed by atoms with Crippen LogP contribution in [0, 0.1) is 0 Å². The molecule has 0 saturated heterocycles. The van der Waals surface area contributed by atoms with Gasteiger partial charge in [0.05, 0.1) is 17.4 Å². The van der Waals surface area contributed by atoms with Gasteiger partial charge in [0.1, 0.15) is 0 Å². The van der Waals surface area contributed by atoms with Crippen molar-refractivity contribution in [1.29, 1.82) is 0 Å². The van der Waals surface area contributed by atoms with Crippen LogP contribution >= 0.6 is 0 Å². The molecule has 0 saturated carbocycles. The number of anilines is 1. The fourth-order valence-corrected chi connectivity index (χ4v) is 1.18. The Bertz CT molecular complexity index is 475. The molecule has 2 aromatic rings. The van der Waals surface area contributed by atoms with Crippen molar-refractivity contribution in [1.82, 2.24) is 5.16 Å². The van der Waals surface area contributed by atoms with Gasteiger partial charge < -0.3 is 10.3 Å². The van der Waals surface area contributed by atoms with Gasteiger partial charge in [-0.3, -0.25) is 0 Å². The first-order chi connectivity index (χ1) is 6.48. The van der Waals surface area contributed by atoms with E-state index in [4.69, 9.17) is 5.73 Å². The van der Waals surface area contributed by atoms with Crippen molar-refractivity contribution in [2.75, 3.05) is 5.73 Å². The van der Waals surface area contributed by atoms with Crippen molar-refractivity contribution in [2.45, 2.75) is 6.18 Å². The fourth-order valence-electron chi connectivity index (χ4n) is 1.18. The highest BCUT2D eigenvalue weighted by molar-refractivity contribution is 5.87. The van der Waals surface area contributed by atoms with Crippen LogP contribution in [0.3, 0.4) is 0 Å². The third-order valence-corrected chi connectivity index (χ3v) is 1.81. The molecule has 2 rings (SSSR count). The second-order valence-electron chi connectivity index (χ2n) is 2.81. The second-order valence-corrected chi connectivity index (χ2v) is 2.81. The molecule has 14 heavy (non-hydrogen) atoms. The molecule has 6 heteroatoms. The van der Waals surface area contributed by atoms with Crippen LogP contribution in [0.15, 0.2) is 22.9 Å². The van der Waals surface area contributed by atoms with E-state index in [0.29, 0.717) is 0 Å². The van der Waals surface area contributed by atoms with Gasteiger partial charge in [-0.15, -0.1) is 0 Å². The average Bonchev–Trinajstić information content (AvgIpc) is 2.50. The maximum atomic E-state index is 12.3. The summed E-state index contributed by atoms with van der Waals surface area (Å²) >= 11 is 0. The lowest BCUT2D eigenvalue weighted by molar-refractivity contribution is -0.137. The Balaban J connectivity index is 2.70. The molecule has 1 aromatic heterocycles. The highest BCUT2D eigenvalue weighted by atomic mass is 19.4. The standard InChI is InChI=1S/C8H5F3N2O/c9-8(10,11)5-1-4-3-13-14-7(4)6(12)2-5/h1-3H,12H2. The van der Waals surface area contributed by atoms with Gasteiger partial charge in [-0.2, -0.15) is 13.2 Å². The van der Waals surface area contributed by atoms with E-state index in [1.54, 1.807) is 0 Å². The number of hydrogen-bond acceptors (Lipinski definition) is 3. The predicted molar refractivity (Wildman–Crippen MR) is 43.4 cm³/mol. The number of nitrogens with two attached hydrogens (primary N) is 1. The minimum atomic E-state index is -4.40. The first-order valence-electron chi connectivity index (χ1n) is 3.69. The quantitative estimate of drug-likeness (QED) is 0.667. The molecule has 0 atom stereocenters. The largest absolute Gasteiger partial charge is 0.416 e. The molecule has 0 unspecified atom stereocenters. The second kappa shape index (κ2) is 2.63. The number of nitrogens with zero attached hydrogens (tertiary/aromatic N) is 1. The topological polar surface area (TPSA) is 52.0 Å². The first kappa shape index (κ1) is 8.86. The van der Waals surface area contributed by atoms with E-state index in [0.717, 1.165) is 12.1 Å². The summed E-state index contributed by atoms with van der Waals surface area (Å²) in [5.74, 6) is 0. The number of halogens is 3. The predicted octanol–water partition coefficient (Wildman–Crippen LogP) is 2.43. The molecule has 0 spiro atoms. The summed E-state index contributed by atoms with van der Waals surface area (Å²) in [5, 5.41) is 3.61. The van der Waals surface area contributed by atoms with E-state index in [-0.39, 0.29) is 16.7 Å². The molecular formula is C8H5F3N2O. The van der Waals surface area contributed by atoms with E-state index in [9.17, 15) is 13.2 Å². The minimum absolute atomic E-state index is 0.0627. The Morgan fingerprint density at radius 2 is 2.00 bits per heavy atom. The van der Waals surface area contributed by atoms with Gasteiger partial charge in [-0.1, -0.05) is 5.16 Å². The number of aromatic nitrogens is 1. The van der Waals surface area contributed by atoms with Gasteiger partial charge in [0.25, 0.3) is 0 Å². The van der Waals surface area contributed by atoms with Crippen LogP contribution in [0.25, 0.3) is 11.0 Å². The molecule has 0 bridgehead atoms. The van der Waals surface area contributed by atoms with E-state index < -0.39 is 11.7 Å². The summed E-state index contributed by atoms with van der Waals surface area (Å²) < 4.78 is 41.6. The van der Waals surface area contributed by atoms with Crippen LogP contribution in [0.4, 0.5) is 18.9 Å². The van der Waals surface area contributed by atoms with Crippen molar-refractivity contribution in [3.63, 3.8) is 0 Å². The summed E-state index contributed by atoms with van der Waals surface area (Å²) in [4.78, 5) is 0. The Labute approximate surface area is 76.3 Å². The molecule has 1 aromatic carbocycles. The maximum absolute atomic E-state index is 12.3. The van der Waals surface area contributed by atoms with Crippen molar-refractivity contribution in [2.24, 2.45) is 0 Å². The summed E-state index contributed by atoms with van der Waals surface area (Å²) in [6.45, 7) is 0. The van der Waals surface area contributed by atoms with Crippen molar-refractivity contribution in [3.8, 4) is 0 Å². The third kappa shape index (κ3) is 1.28. The van der Waals surface area contributed by atoms with Crippen LogP contribution in [0.5, 0.6) is 0 Å². The summed E-state index contributed by atoms with van der Waals surface area (Å²) in [6, 6.07) is 1.77. The molecule has 3 nitrogen and oxygen atoms in total. The smallest absolute Gasteiger partial charge is 0.396 e. The molecule has 2 N–H and O–H groups in total. The van der Waals surface area contributed by atoms with Gasteiger partial charge in [0.2, 0.25) is 0 Å². The van der Waals surface area contributed by atoms with Gasteiger partial charge in [-0.25, -0.2) is 0 Å². The molecular weight excluding hydrogens is 197 g/mol. The Kier molecular flexibility index (Phi) is 1.67. The highest BCUT2D eigenvalue weighted by Gasteiger charge is 2.31. The number of alkyl halides is 3. The zero-order valence-corrected chi connectivity index (χ0v) is 6.80. The van der Waals surface area contributed by atoms with Crippen LogP contribution in [-0.4, -0.2) is 5.16 Å². The molecule has 0 fully saturated rings. The number of benzene rings is 1. The van der Waals surface area contributed by atoms with Crippen LogP contribution in [-0.2, 0) is 6.18 Å². The van der Waals surface area contributed by atoms with Gasteiger partial charge in [0.15, 0.2) is 5.58 Å². The monoisotopic (exact) mass is 202 g/mol. The number of nitrogen functional groups attached to an aromatic ring is 1. The van der Waals surface area contributed by atoms with Crippen LogP contribution in [0.1, 0.15) is 5.56 Å². The van der Waals surface area contributed by atoms with Crippen molar-refractivity contribution < 1.29 is 17.7 Å². The zero-order valence-electron chi connectivity index (χ0n) is 6.80. The lowest BCUT2D eigenvalue weighted by atomic mass is 10.1. The number of rotatable bonds is 0. The molecule has 0 aliphatic heterocycles. The number of fused-ring (bicyclic) bond motifs is 1. The van der Waals surface area contributed by atoms with E-state index >= 15 is 0 Å². The molecule has 0 radical (unpaired) electrons. The molecule has 74 valence electrons. The molecule has 1 heterocycles. The first-order valence-corrected chi connectivity index (χ1v) is 3.69. The lowest BCUT2D eigenvalue weighted by Crippen LogP contribution is -2.05.